The van der Waals surface area contributed by atoms with Gasteiger partial charge < -0.3 is 12.9 Å². The first-order chi connectivity index (χ1) is 5.00. The van der Waals surface area contributed by atoms with E-state index in [1.165, 1.54) is 0 Å². The second-order valence-corrected chi connectivity index (χ2v) is 2.23. The Balaban J connectivity index is 3.06. The molecule has 0 bridgehead atoms. The number of nitrogens with zero attached hydrogens (tertiary/aromatic N) is 2. The Morgan fingerprint density at radius 2 is 1.91 bits per heavy atom. The van der Waals surface area contributed by atoms with E-state index in [0.29, 0.717) is 6.20 Å². The van der Waals surface area contributed by atoms with Gasteiger partial charge in [0.25, 0.3) is 0 Å². The zero-order valence-corrected chi connectivity index (χ0v) is 5.89. The monoisotopic (exact) mass is 181 g/mol. The summed E-state index contributed by atoms with van der Waals surface area (Å²) < 4.78 is 35.6. The second kappa shape index (κ2) is 2.69. The lowest BCUT2D eigenvalue weighted by Gasteiger charge is -2.11. The molecule has 0 unspecified atom stereocenters. The van der Waals surface area contributed by atoms with E-state index in [-0.39, 0.29) is 5.15 Å². The third-order valence-corrected chi connectivity index (χ3v) is 1.14. The van der Waals surface area contributed by atoms with E-state index in [1.54, 1.807) is 0 Å². The van der Waals surface area contributed by atoms with Crippen molar-refractivity contribution in [2.24, 2.45) is 0 Å². The highest BCUT2D eigenvalue weighted by molar-refractivity contribution is 6.72. The minimum Gasteiger partial charge on any atom is -0.444 e. The van der Waals surface area contributed by atoms with E-state index >= 15 is 0 Å². The molecule has 0 saturated carbocycles. The third-order valence-electron chi connectivity index (χ3n) is 0.959. The predicted octanol–water partition coefficient (Wildman–Crippen LogP) is 1.18. The van der Waals surface area contributed by atoms with Crippen LogP contribution in [0.5, 0.6) is 0 Å². The first-order valence-electron chi connectivity index (χ1n) is 2.67. The van der Waals surface area contributed by atoms with Crippen molar-refractivity contribution in [3.8, 4) is 0 Å². The summed E-state index contributed by atoms with van der Waals surface area (Å²) in [5.74, 6) is 0. The van der Waals surface area contributed by atoms with Gasteiger partial charge in [0.1, 0.15) is 5.15 Å². The zero-order valence-electron chi connectivity index (χ0n) is 5.14. The Hall–Kier alpha value is -0.775. The van der Waals surface area contributed by atoms with Crippen molar-refractivity contribution in [1.29, 1.82) is 0 Å². The molecule has 1 rings (SSSR count). The highest BCUT2D eigenvalue weighted by atomic mass is 35.5. The van der Waals surface area contributed by atoms with Crippen LogP contribution >= 0.6 is 11.6 Å². The fourth-order valence-electron chi connectivity index (χ4n) is 0.514. The molecule has 2 nitrogen and oxygen atoms in total. The molecule has 7 heteroatoms. The second-order valence-electron chi connectivity index (χ2n) is 1.84. The maximum atomic E-state index is 11.9. The van der Waals surface area contributed by atoms with Gasteiger partial charge in [0.2, 0.25) is 0 Å². The number of rotatable bonds is 1. The normalized spacial score (nSPS) is 11.6. The maximum Gasteiger partial charge on any atom is 0.529 e. The first-order valence-corrected chi connectivity index (χ1v) is 3.05. The van der Waals surface area contributed by atoms with Crippen LogP contribution in [0.15, 0.2) is 12.4 Å². The van der Waals surface area contributed by atoms with Crippen LogP contribution in [-0.4, -0.2) is 16.9 Å². The van der Waals surface area contributed by atoms with Crippen LogP contribution in [0.1, 0.15) is 0 Å². The van der Waals surface area contributed by atoms with Crippen molar-refractivity contribution < 1.29 is 12.9 Å². The molecule has 0 atom stereocenters. The lowest BCUT2D eigenvalue weighted by Crippen LogP contribution is -2.36. The van der Waals surface area contributed by atoms with Crippen molar-refractivity contribution in [3.05, 3.63) is 17.5 Å². The van der Waals surface area contributed by atoms with Crippen molar-refractivity contribution in [2.45, 2.75) is 0 Å². The molecule has 0 N–H and O–H groups in total. The zero-order chi connectivity index (χ0) is 8.48. The van der Waals surface area contributed by atoms with Crippen molar-refractivity contribution in [2.75, 3.05) is 0 Å². The highest BCUT2D eigenvalue weighted by Crippen LogP contribution is 2.07. The van der Waals surface area contributed by atoms with Gasteiger partial charge in [-0.05, 0) is 0 Å². The van der Waals surface area contributed by atoms with Crippen LogP contribution in [-0.2, 0) is 0 Å². The summed E-state index contributed by atoms with van der Waals surface area (Å²) >= 11 is 5.19. The van der Waals surface area contributed by atoms with Gasteiger partial charge >= 0.3 is 6.98 Å². The number of hydrogen-bond donors (Lipinski definition) is 0. The smallest absolute Gasteiger partial charge is 0.444 e. The standard InChI is InChI=1S/C4H2BClF3N2/c6-4-2-10-1-3(11-4)5(7,8)9/h1-2H/q-1. The largest absolute Gasteiger partial charge is 0.529 e. The first kappa shape index (κ1) is 8.32. The van der Waals surface area contributed by atoms with Gasteiger partial charge in [0.05, 0.1) is 6.20 Å². The molecule has 0 aliphatic heterocycles. The SMILES string of the molecule is F[B-](F)(F)c1cncc(Cl)n1. The summed E-state index contributed by atoms with van der Waals surface area (Å²) in [6, 6.07) is 0. The molecule has 11 heavy (non-hydrogen) atoms. The fourth-order valence-corrected chi connectivity index (χ4v) is 0.668. The molecule has 0 spiro atoms. The van der Waals surface area contributed by atoms with Crippen LogP contribution in [0.25, 0.3) is 0 Å². The topological polar surface area (TPSA) is 25.8 Å². The van der Waals surface area contributed by atoms with Gasteiger partial charge in [-0.3, -0.25) is 9.97 Å². The van der Waals surface area contributed by atoms with E-state index in [9.17, 15) is 12.9 Å². The van der Waals surface area contributed by atoms with Gasteiger partial charge in [-0.2, -0.15) is 0 Å². The molecule has 60 valence electrons. The summed E-state index contributed by atoms with van der Waals surface area (Å²) in [6.07, 6.45) is 1.69. The Labute approximate surface area is 65.5 Å². The molecule has 0 fully saturated rings. The molecule has 1 aromatic rings. The molecule has 0 aliphatic rings. The highest BCUT2D eigenvalue weighted by Gasteiger charge is 2.27. The van der Waals surface area contributed by atoms with Gasteiger partial charge in [-0.1, -0.05) is 11.6 Å². The van der Waals surface area contributed by atoms with Gasteiger partial charge in [0.15, 0.2) is 0 Å². The summed E-state index contributed by atoms with van der Waals surface area (Å²) in [5.41, 5.74) is -1.02. The minimum absolute atomic E-state index is 0.248. The molecular weight excluding hydrogens is 179 g/mol. The molecule has 1 heterocycles. The van der Waals surface area contributed by atoms with Gasteiger partial charge in [-0.25, -0.2) is 0 Å². The fraction of sp³-hybridized carbons (Fsp3) is 0. The van der Waals surface area contributed by atoms with Crippen molar-refractivity contribution in [1.82, 2.24) is 9.97 Å². The van der Waals surface area contributed by atoms with E-state index in [0.717, 1.165) is 6.20 Å². The van der Waals surface area contributed by atoms with Crippen LogP contribution < -0.4 is 5.59 Å². The number of hydrogen-bond acceptors (Lipinski definition) is 2. The molecule has 0 amide bonds. The molecule has 0 saturated heterocycles. The van der Waals surface area contributed by atoms with Gasteiger partial charge in [0, 0.05) is 11.8 Å². The van der Waals surface area contributed by atoms with E-state index in [4.69, 9.17) is 11.6 Å². The predicted molar refractivity (Wildman–Crippen MR) is 35.8 cm³/mol. The number of halogens is 4. The minimum atomic E-state index is -5.08. The Morgan fingerprint density at radius 1 is 1.27 bits per heavy atom. The lowest BCUT2D eigenvalue weighted by atomic mass is 9.87. The molecule has 1 aromatic heterocycles. The summed E-state index contributed by atoms with van der Waals surface area (Å²) in [4.78, 5) is 6.30. The molecule has 0 radical (unpaired) electrons. The molecule has 0 aliphatic carbocycles. The van der Waals surface area contributed by atoms with Crippen LogP contribution in [0.4, 0.5) is 12.9 Å². The Morgan fingerprint density at radius 3 is 2.27 bits per heavy atom. The van der Waals surface area contributed by atoms with Crippen LogP contribution in [0, 0.1) is 0 Å². The maximum absolute atomic E-state index is 11.9. The van der Waals surface area contributed by atoms with Crippen LogP contribution in [0.3, 0.4) is 0 Å². The van der Waals surface area contributed by atoms with Crippen molar-refractivity contribution >= 4 is 24.2 Å². The average Bonchev–Trinajstić information content (AvgIpc) is 1.86. The lowest BCUT2D eigenvalue weighted by molar-refractivity contribution is 0.498. The summed E-state index contributed by atoms with van der Waals surface area (Å²) in [6.45, 7) is -5.08. The summed E-state index contributed by atoms with van der Waals surface area (Å²) in [5, 5.41) is -0.248. The van der Waals surface area contributed by atoms with Crippen molar-refractivity contribution in [3.63, 3.8) is 0 Å². The number of aromatic nitrogens is 2. The Bertz CT molecular complexity index is 264. The quantitative estimate of drug-likeness (QED) is 0.608. The molecular formula is C4H2BClF3N2-. The van der Waals surface area contributed by atoms with E-state index < -0.39 is 12.6 Å². The molecule has 0 aromatic carbocycles. The summed E-state index contributed by atoms with van der Waals surface area (Å²) in [7, 11) is 0. The van der Waals surface area contributed by atoms with E-state index in [1.807, 2.05) is 0 Å². The Kier molecular flexibility index (Phi) is 2.04. The van der Waals surface area contributed by atoms with E-state index in [2.05, 4.69) is 9.97 Å². The third kappa shape index (κ3) is 2.08. The average molecular weight is 181 g/mol. The van der Waals surface area contributed by atoms with Crippen LogP contribution in [0.2, 0.25) is 5.15 Å². The van der Waals surface area contributed by atoms with Gasteiger partial charge in [-0.15, -0.1) is 0 Å².